The van der Waals surface area contributed by atoms with E-state index in [1.807, 2.05) is 11.0 Å². The summed E-state index contributed by atoms with van der Waals surface area (Å²) in [4.78, 5) is 18.6. The molecular formula is C13H14ClN5O3. The van der Waals surface area contributed by atoms with Crippen molar-refractivity contribution in [2.45, 2.75) is 19.4 Å². The van der Waals surface area contributed by atoms with Crippen molar-refractivity contribution in [1.82, 2.24) is 14.8 Å². The van der Waals surface area contributed by atoms with Crippen LogP contribution in [0.2, 0.25) is 5.15 Å². The van der Waals surface area contributed by atoms with Gasteiger partial charge in [-0.1, -0.05) is 22.8 Å². The highest BCUT2D eigenvalue weighted by atomic mass is 35.5. The molecule has 8 nitrogen and oxygen atoms in total. The van der Waals surface area contributed by atoms with Gasteiger partial charge in [0.1, 0.15) is 5.15 Å². The predicted molar refractivity (Wildman–Crippen MR) is 78.8 cm³/mol. The van der Waals surface area contributed by atoms with Gasteiger partial charge >= 0.3 is 0 Å². The molecule has 0 saturated carbocycles. The first-order valence-corrected chi connectivity index (χ1v) is 7.19. The quantitative estimate of drug-likeness (QED) is 0.395. The average molecular weight is 324 g/mol. The molecule has 1 aromatic heterocycles. The van der Waals surface area contributed by atoms with Crippen molar-refractivity contribution in [1.29, 1.82) is 0 Å². The minimum Gasteiger partial charge on any atom is -0.409 e. The summed E-state index contributed by atoms with van der Waals surface area (Å²) in [5.41, 5.74) is 1.07. The molecule has 1 N–H and O–H groups in total. The van der Waals surface area contributed by atoms with Crippen LogP contribution in [0, 0.1) is 10.1 Å². The molecule has 1 aromatic rings. The highest BCUT2D eigenvalue weighted by molar-refractivity contribution is 6.29. The van der Waals surface area contributed by atoms with Gasteiger partial charge in [0.25, 0.3) is 5.70 Å². The SMILES string of the molecule is O=[N+]([O-])C1=C2N(Cc3ccc(Cl)nc3)CCN2/C(=N/O)CC1. The number of rotatable bonds is 3. The fourth-order valence-corrected chi connectivity index (χ4v) is 2.93. The molecule has 2 aliphatic rings. The molecule has 116 valence electrons. The van der Waals surface area contributed by atoms with E-state index >= 15 is 0 Å². The maximum Gasteiger partial charge on any atom is 0.287 e. The maximum absolute atomic E-state index is 11.3. The molecule has 3 rings (SSSR count). The van der Waals surface area contributed by atoms with E-state index in [1.165, 1.54) is 0 Å². The Morgan fingerprint density at radius 1 is 1.41 bits per heavy atom. The molecule has 0 unspecified atom stereocenters. The van der Waals surface area contributed by atoms with Crippen LogP contribution in [0.15, 0.2) is 35.0 Å². The monoisotopic (exact) mass is 323 g/mol. The van der Waals surface area contributed by atoms with E-state index in [4.69, 9.17) is 16.8 Å². The number of aromatic nitrogens is 1. The second kappa shape index (κ2) is 5.80. The molecule has 0 aliphatic carbocycles. The van der Waals surface area contributed by atoms with Crippen molar-refractivity contribution < 1.29 is 10.1 Å². The van der Waals surface area contributed by atoms with Gasteiger partial charge in [0, 0.05) is 38.7 Å². The molecule has 1 fully saturated rings. The maximum atomic E-state index is 11.3. The lowest BCUT2D eigenvalue weighted by Gasteiger charge is -2.28. The molecular weight excluding hydrogens is 310 g/mol. The second-order valence-electron chi connectivity index (χ2n) is 5.11. The predicted octanol–water partition coefficient (Wildman–Crippen LogP) is 1.88. The Morgan fingerprint density at radius 2 is 2.23 bits per heavy atom. The van der Waals surface area contributed by atoms with Crippen LogP contribution in [0.1, 0.15) is 18.4 Å². The Labute approximate surface area is 131 Å². The largest absolute Gasteiger partial charge is 0.409 e. The topological polar surface area (TPSA) is 95.1 Å². The zero-order valence-corrected chi connectivity index (χ0v) is 12.4. The summed E-state index contributed by atoms with van der Waals surface area (Å²) in [5.74, 6) is 0.983. The van der Waals surface area contributed by atoms with Crippen LogP contribution < -0.4 is 0 Å². The van der Waals surface area contributed by atoms with Crippen molar-refractivity contribution >= 4 is 17.4 Å². The van der Waals surface area contributed by atoms with E-state index in [2.05, 4.69) is 10.1 Å². The number of hydrogen-bond donors (Lipinski definition) is 1. The first-order chi connectivity index (χ1) is 10.6. The molecule has 0 aromatic carbocycles. The Hall–Kier alpha value is -2.35. The van der Waals surface area contributed by atoms with Gasteiger partial charge in [0.05, 0.1) is 4.92 Å². The van der Waals surface area contributed by atoms with Gasteiger partial charge < -0.3 is 15.0 Å². The summed E-state index contributed by atoms with van der Waals surface area (Å²) >= 11 is 5.77. The standard InChI is InChI=1S/C13H14ClN5O3/c14-11-3-1-9(7-15-11)8-17-5-6-18-12(16-20)4-2-10(13(17)18)19(21)22/h1,3,7,20H,2,4-6,8H2/b16-12+. The van der Waals surface area contributed by atoms with E-state index in [0.717, 1.165) is 5.56 Å². The molecule has 0 bridgehead atoms. The number of nitro groups is 1. The van der Waals surface area contributed by atoms with Crippen LogP contribution in [-0.4, -0.2) is 43.8 Å². The van der Waals surface area contributed by atoms with Crippen LogP contribution >= 0.6 is 11.6 Å². The molecule has 2 aliphatic heterocycles. The third kappa shape index (κ3) is 2.57. The molecule has 0 spiro atoms. The van der Waals surface area contributed by atoms with Gasteiger partial charge in [-0.3, -0.25) is 10.1 Å². The van der Waals surface area contributed by atoms with Crippen LogP contribution in [0.25, 0.3) is 0 Å². The molecule has 3 heterocycles. The third-order valence-corrected chi connectivity index (χ3v) is 4.03. The first-order valence-electron chi connectivity index (χ1n) is 6.81. The lowest BCUT2D eigenvalue weighted by Crippen LogP contribution is -2.35. The van der Waals surface area contributed by atoms with Gasteiger partial charge in [-0.15, -0.1) is 0 Å². The normalized spacial score (nSPS) is 19.8. The number of oxime groups is 1. The van der Waals surface area contributed by atoms with E-state index in [-0.39, 0.29) is 17.0 Å². The van der Waals surface area contributed by atoms with Crippen LogP contribution in [0.5, 0.6) is 0 Å². The number of hydrogen-bond acceptors (Lipinski definition) is 6. The molecule has 9 heteroatoms. The molecule has 1 saturated heterocycles. The summed E-state index contributed by atoms with van der Waals surface area (Å²) in [6.45, 7) is 1.67. The van der Waals surface area contributed by atoms with Crippen molar-refractivity contribution in [2.75, 3.05) is 13.1 Å². The molecule has 22 heavy (non-hydrogen) atoms. The Kier molecular flexibility index (Phi) is 3.84. The van der Waals surface area contributed by atoms with E-state index in [9.17, 15) is 10.1 Å². The van der Waals surface area contributed by atoms with Crippen LogP contribution in [0.4, 0.5) is 0 Å². The number of nitrogens with zero attached hydrogens (tertiary/aromatic N) is 5. The van der Waals surface area contributed by atoms with Crippen molar-refractivity contribution in [3.05, 3.63) is 50.7 Å². The highest BCUT2D eigenvalue weighted by Crippen LogP contribution is 2.32. The first kappa shape index (κ1) is 14.6. The zero-order valence-electron chi connectivity index (χ0n) is 11.6. The smallest absolute Gasteiger partial charge is 0.287 e. The Morgan fingerprint density at radius 3 is 2.86 bits per heavy atom. The Balaban J connectivity index is 1.92. The second-order valence-corrected chi connectivity index (χ2v) is 5.49. The summed E-state index contributed by atoms with van der Waals surface area (Å²) in [6.07, 6.45) is 2.28. The van der Waals surface area contributed by atoms with Crippen LogP contribution in [0.3, 0.4) is 0 Å². The van der Waals surface area contributed by atoms with E-state index in [1.54, 1.807) is 17.2 Å². The highest BCUT2D eigenvalue weighted by Gasteiger charge is 2.39. The zero-order chi connectivity index (χ0) is 15.7. The minimum atomic E-state index is -0.352. The van der Waals surface area contributed by atoms with Gasteiger partial charge in [-0.05, 0) is 11.6 Å². The van der Waals surface area contributed by atoms with Crippen molar-refractivity contribution in [3.63, 3.8) is 0 Å². The summed E-state index contributed by atoms with van der Waals surface area (Å²) < 4.78 is 0. The molecule has 0 radical (unpaired) electrons. The molecule has 0 amide bonds. The Bertz CT molecular complexity index is 658. The van der Waals surface area contributed by atoms with Gasteiger partial charge in [-0.2, -0.15) is 0 Å². The van der Waals surface area contributed by atoms with Gasteiger partial charge in [-0.25, -0.2) is 4.98 Å². The van der Waals surface area contributed by atoms with Crippen molar-refractivity contribution in [3.8, 4) is 0 Å². The molecule has 0 atom stereocenters. The summed E-state index contributed by atoms with van der Waals surface area (Å²) in [5, 5.41) is 24.1. The number of amidine groups is 1. The third-order valence-electron chi connectivity index (χ3n) is 3.80. The fraction of sp³-hybridized carbons (Fsp3) is 0.385. The number of pyridine rings is 1. The minimum absolute atomic E-state index is 0.159. The fourth-order valence-electron chi connectivity index (χ4n) is 2.82. The van der Waals surface area contributed by atoms with E-state index in [0.29, 0.717) is 42.9 Å². The summed E-state index contributed by atoms with van der Waals surface area (Å²) in [7, 11) is 0. The average Bonchev–Trinajstić information content (AvgIpc) is 2.92. The number of allylic oxidation sites excluding steroid dienone is 1. The van der Waals surface area contributed by atoms with Crippen LogP contribution in [-0.2, 0) is 6.54 Å². The lowest BCUT2D eigenvalue weighted by atomic mass is 10.1. The van der Waals surface area contributed by atoms with Gasteiger partial charge in [0.2, 0.25) is 0 Å². The van der Waals surface area contributed by atoms with E-state index < -0.39 is 0 Å². The van der Waals surface area contributed by atoms with Crippen molar-refractivity contribution in [2.24, 2.45) is 5.16 Å². The lowest BCUT2D eigenvalue weighted by molar-refractivity contribution is -0.431. The summed E-state index contributed by atoms with van der Waals surface area (Å²) in [6, 6.07) is 3.53. The number of fused-ring (bicyclic) bond motifs is 1. The number of halogens is 1. The van der Waals surface area contributed by atoms with Gasteiger partial charge in [0.15, 0.2) is 11.7 Å².